The number of carbonyl (C=O) groups excluding carboxylic acids is 1. The van der Waals surface area contributed by atoms with Crippen LogP contribution in [0, 0.1) is 10.7 Å². The Kier molecular flexibility index (Phi) is 4.17. The van der Waals surface area contributed by atoms with Crippen LogP contribution in [0.3, 0.4) is 0 Å². The molecule has 0 bridgehead atoms. The normalized spacial score (nSPS) is 15.7. The molecule has 6 heteroatoms. The summed E-state index contributed by atoms with van der Waals surface area (Å²) in [6.07, 6.45) is -0.692. The van der Waals surface area contributed by atoms with Crippen LogP contribution >= 0.6 is 11.8 Å². The molecule has 5 nitrogen and oxygen atoms in total. The van der Waals surface area contributed by atoms with Crippen LogP contribution in [0.2, 0.25) is 0 Å². The number of rotatable bonds is 3. The number of anilines is 1. The molecule has 1 atom stereocenters. The van der Waals surface area contributed by atoms with E-state index in [-0.39, 0.29) is 12.5 Å². The summed E-state index contributed by atoms with van der Waals surface area (Å²) in [6.45, 7) is 0.172. The monoisotopic (exact) mass is 312 g/mol. The number of nitriles is 1. The molecule has 1 aliphatic rings. The van der Waals surface area contributed by atoms with Crippen molar-refractivity contribution in [3.63, 3.8) is 0 Å². The lowest BCUT2D eigenvalue weighted by molar-refractivity contribution is -0.125. The van der Waals surface area contributed by atoms with Gasteiger partial charge < -0.3 is 14.8 Å². The Morgan fingerprint density at radius 3 is 2.64 bits per heavy atom. The number of benzene rings is 2. The fourth-order valence-electron chi connectivity index (χ4n) is 2.03. The zero-order valence-electron chi connectivity index (χ0n) is 11.5. The third kappa shape index (κ3) is 3.15. The molecule has 3 rings (SSSR count). The Bertz CT molecular complexity index is 725. The fourth-order valence-corrected chi connectivity index (χ4v) is 2.41. The number of hydrogen-bond acceptors (Lipinski definition) is 5. The Balaban J connectivity index is 1.64. The Hall–Kier alpha value is -2.65. The van der Waals surface area contributed by atoms with E-state index in [1.165, 1.54) is 0 Å². The third-order valence-electron chi connectivity index (χ3n) is 3.09. The van der Waals surface area contributed by atoms with E-state index in [0.717, 1.165) is 16.7 Å². The van der Waals surface area contributed by atoms with E-state index in [0.29, 0.717) is 17.2 Å². The van der Waals surface area contributed by atoms with E-state index >= 15 is 0 Å². The first-order valence-electron chi connectivity index (χ1n) is 6.61. The highest BCUT2D eigenvalue weighted by atomic mass is 32.2. The smallest absolute Gasteiger partial charge is 0.269 e. The van der Waals surface area contributed by atoms with Crippen LogP contribution in [0.15, 0.2) is 53.4 Å². The average molecular weight is 312 g/mol. The molecule has 1 aliphatic heterocycles. The molecule has 0 aliphatic carbocycles. The number of carbonyl (C=O) groups is 1. The molecule has 1 heterocycles. The summed E-state index contributed by atoms with van der Waals surface area (Å²) in [5, 5.41) is 13.4. The van der Waals surface area contributed by atoms with Gasteiger partial charge in [-0.3, -0.25) is 4.79 Å². The van der Waals surface area contributed by atoms with Gasteiger partial charge in [0.1, 0.15) is 12.0 Å². The van der Waals surface area contributed by atoms with Gasteiger partial charge in [-0.15, -0.1) is 0 Å². The molecule has 0 aromatic heterocycles. The number of thiocyanates is 1. The molecule has 22 heavy (non-hydrogen) atoms. The molecule has 0 saturated heterocycles. The van der Waals surface area contributed by atoms with Crippen LogP contribution in [-0.2, 0) is 4.79 Å². The number of para-hydroxylation sites is 2. The second-order valence-electron chi connectivity index (χ2n) is 4.57. The largest absolute Gasteiger partial charge is 0.485 e. The highest BCUT2D eigenvalue weighted by Gasteiger charge is 2.27. The van der Waals surface area contributed by atoms with E-state index in [9.17, 15) is 4.79 Å². The van der Waals surface area contributed by atoms with Gasteiger partial charge in [-0.1, -0.05) is 12.1 Å². The van der Waals surface area contributed by atoms with Gasteiger partial charge in [-0.25, -0.2) is 0 Å². The molecule has 0 fully saturated rings. The average Bonchev–Trinajstić information content (AvgIpc) is 2.56. The topological polar surface area (TPSA) is 71.4 Å². The van der Waals surface area contributed by atoms with Crippen molar-refractivity contribution >= 4 is 23.4 Å². The van der Waals surface area contributed by atoms with Crippen LogP contribution in [0.25, 0.3) is 0 Å². The molecule has 0 radical (unpaired) electrons. The summed E-state index contributed by atoms with van der Waals surface area (Å²) >= 11 is 1.07. The van der Waals surface area contributed by atoms with E-state index in [1.807, 2.05) is 17.5 Å². The first-order valence-corrected chi connectivity index (χ1v) is 7.43. The number of nitrogens with zero attached hydrogens (tertiary/aromatic N) is 1. The molecule has 2 aromatic carbocycles. The van der Waals surface area contributed by atoms with Crippen molar-refractivity contribution in [1.29, 1.82) is 5.26 Å². The van der Waals surface area contributed by atoms with Crippen molar-refractivity contribution in [1.82, 2.24) is 0 Å². The summed E-state index contributed by atoms with van der Waals surface area (Å²) in [5.74, 6) is 0.939. The van der Waals surface area contributed by atoms with Crippen molar-refractivity contribution < 1.29 is 14.3 Å². The SMILES string of the molecule is N#CSc1ccc(NC(=O)[C@@H]2COc3ccccc3O2)cc1. The number of ether oxygens (including phenoxy) is 2. The van der Waals surface area contributed by atoms with Gasteiger partial charge >= 0.3 is 0 Å². The van der Waals surface area contributed by atoms with Gasteiger partial charge in [0.05, 0.1) is 0 Å². The van der Waals surface area contributed by atoms with Crippen molar-refractivity contribution in [2.75, 3.05) is 11.9 Å². The summed E-state index contributed by atoms with van der Waals surface area (Å²) in [6, 6.07) is 14.3. The number of thioether (sulfide) groups is 1. The maximum Gasteiger partial charge on any atom is 0.269 e. The van der Waals surface area contributed by atoms with E-state index in [4.69, 9.17) is 14.7 Å². The summed E-state index contributed by atoms with van der Waals surface area (Å²) in [4.78, 5) is 13.0. The van der Waals surface area contributed by atoms with Crippen LogP contribution < -0.4 is 14.8 Å². The summed E-state index contributed by atoms with van der Waals surface area (Å²) in [7, 11) is 0. The first kappa shape index (κ1) is 14.3. The molecule has 1 amide bonds. The first-order chi connectivity index (χ1) is 10.8. The maximum atomic E-state index is 12.2. The highest BCUT2D eigenvalue weighted by molar-refractivity contribution is 8.03. The van der Waals surface area contributed by atoms with Crippen molar-refractivity contribution in [2.45, 2.75) is 11.0 Å². The molecule has 2 aromatic rings. The molecule has 0 spiro atoms. The van der Waals surface area contributed by atoms with Gasteiger partial charge in [-0.05, 0) is 48.2 Å². The minimum Gasteiger partial charge on any atom is -0.485 e. The molecule has 1 N–H and O–H groups in total. The van der Waals surface area contributed by atoms with E-state index < -0.39 is 6.10 Å². The predicted molar refractivity (Wildman–Crippen MR) is 82.9 cm³/mol. The molecule has 0 unspecified atom stereocenters. The molecule has 0 saturated carbocycles. The minimum atomic E-state index is -0.692. The number of hydrogen-bond donors (Lipinski definition) is 1. The predicted octanol–water partition coefficient (Wildman–Crippen LogP) is 3.04. The van der Waals surface area contributed by atoms with Gasteiger partial charge in [0.2, 0.25) is 6.10 Å². The summed E-state index contributed by atoms with van der Waals surface area (Å²) in [5.41, 5.74) is 0.648. The molecular weight excluding hydrogens is 300 g/mol. The van der Waals surface area contributed by atoms with Gasteiger partial charge in [0, 0.05) is 10.6 Å². The van der Waals surface area contributed by atoms with Gasteiger partial charge in [0.25, 0.3) is 5.91 Å². The second kappa shape index (κ2) is 6.41. The Morgan fingerprint density at radius 1 is 1.18 bits per heavy atom. The third-order valence-corrected chi connectivity index (χ3v) is 3.69. The zero-order valence-corrected chi connectivity index (χ0v) is 12.3. The van der Waals surface area contributed by atoms with Gasteiger partial charge in [0.15, 0.2) is 11.5 Å². The van der Waals surface area contributed by atoms with Crippen LogP contribution in [-0.4, -0.2) is 18.6 Å². The highest BCUT2D eigenvalue weighted by Crippen LogP contribution is 2.31. The Morgan fingerprint density at radius 2 is 1.91 bits per heavy atom. The summed E-state index contributed by atoms with van der Waals surface area (Å²) < 4.78 is 11.2. The lowest BCUT2D eigenvalue weighted by Gasteiger charge is -2.25. The quantitative estimate of drug-likeness (QED) is 0.696. The molecule has 110 valence electrons. The number of fused-ring (bicyclic) bond motifs is 1. The van der Waals surface area contributed by atoms with Crippen LogP contribution in [0.4, 0.5) is 5.69 Å². The Labute approximate surface area is 131 Å². The van der Waals surface area contributed by atoms with Crippen molar-refractivity contribution in [3.8, 4) is 16.9 Å². The number of amides is 1. The number of nitrogens with one attached hydrogen (secondary N) is 1. The van der Waals surface area contributed by atoms with E-state index in [2.05, 4.69) is 5.32 Å². The lowest BCUT2D eigenvalue weighted by Crippen LogP contribution is -2.40. The van der Waals surface area contributed by atoms with Crippen molar-refractivity contribution in [2.24, 2.45) is 0 Å². The van der Waals surface area contributed by atoms with Gasteiger partial charge in [-0.2, -0.15) is 5.26 Å². The van der Waals surface area contributed by atoms with Crippen LogP contribution in [0.5, 0.6) is 11.5 Å². The maximum absolute atomic E-state index is 12.2. The fraction of sp³-hybridized carbons (Fsp3) is 0.125. The lowest BCUT2D eigenvalue weighted by atomic mass is 10.2. The van der Waals surface area contributed by atoms with Crippen molar-refractivity contribution in [3.05, 3.63) is 48.5 Å². The minimum absolute atomic E-state index is 0.172. The zero-order chi connectivity index (χ0) is 15.4. The van der Waals surface area contributed by atoms with Crippen LogP contribution in [0.1, 0.15) is 0 Å². The van der Waals surface area contributed by atoms with E-state index in [1.54, 1.807) is 36.4 Å². The second-order valence-corrected chi connectivity index (χ2v) is 5.43. The molecular formula is C16H12N2O3S. The standard InChI is InChI=1S/C16H12N2O3S/c17-10-22-12-7-5-11(6-8-12)18-16(19)15-9-20-13-3-1-2-4-14(13)21-15/h1-8,15H,9H2,(H,18,19)/t15-/m0/s1.